The first kappa shape index (κ1) is 10.3. The summed E-state index contributed by atoms with van der Waals surface area (Å²) in [6.07, 6.45) is 7.75. The quantitative estimate of drug-likeness (QED) is 0.830. The zero-order valence-electron chi connectivity index (χ0n) is 9.61. The van der Waals surface area contributed by atoms with Gasteiger partial charge in [0, 0.05) is 36.1 Å². The van der Waals surface area contributed by atoms with E-state index < -0.39 is 0 Å². The molecule has 2 aromatic heterocycles. The van der Waals surface area contributed by atoms with Crippen LogP contribution in [0.5, 0.6) is 0 Å². The fourth-order valence-corrected chi connectivity index (χ4v) is 2.25. The number of hydrogen-bond acceptors (Lipinski definition) is 4. The highest BCUT2D eigenvalue weighted by Crippen LogP contribution is 2.24. The summed E-state index contributed by atoms with van der Waals surface area (Å²) in [5, 5.41) is 10.3. The van der Waals surface area contributed by atoms with E-state index in [9.17, 15) is 0 Å². The Labute approximate surface area is 99.7 Å². The maximum absolute atomic E-state index is 4.32. The Morgan fingerprint density at radius 3 is 3.18 bits per heavy atom. The molecule has 2 aromatic rings. The highest BCUT2D eigenvalue weighted by Gasteiger charge is 2.16. The Morgan fingerprint density at radius 1 is 1.29 bits per heavy atom. The van der Waals surface area contributed by atoms with Gasteiger partial charge in [-0.15, -0.1) is 0 Å². The molecular weight excluding hydrogens is 214 g/mol. The van der Waals surface area contributed by atoms with Gasteiger partial charge in [-0.2, -0.15) is 5.10 Å². The Kier molecular flexibility index (Phi) is 2.73. The normalized spacial score (nSPS) is 13.6. The smallest absolute Gasteiger partial charge is 0.132 e. The molecule has 0 saturated heterocycles. The van der Waals surface area contributed by atoms with Gasteiger partial charge in [-0.25, -0.2) is 9.97 Å². The van der Waals surface area contributed by atoms with Gasteiger partial charge >= 0.3 is 0 Å². The van der Waals surface area contributed by atoms with Crippen molar-refractivity contribution in [3.05, 3.63) is 35.5 Å². The van der Waals surface area contributed by atoms with Crippen LogP contribution in [0.4, 0.5) is 5.82 Å². The third-order valence-electron chi connectivity index (χ3n) is 3.12. The van der Waals surface area contributed by atoms with Crippen LogP contribution in [0, 0.1) is 0 Å². The fourth-order valence-electron chi connectivity index (χ4n) is 2.25. The number of fused-ring (bicyclic) bond motifs is 1. The molecule has 0 fully saturated rings. The average Bonchev–Trinajstić information content (AvgIpc) is 2.99. The summed E-state index contributed by atoms with van der Waals surface area (Å²) >= 11 is 0. The zero-order chi connectivity index (χ0) is 11.5. The first-order valence-electron chi connectivity index (χ1n) is 5.98. The van der Waals surface area contributed by atoms with Crippen LogP contribution in [0.25, 0.3) is 0 Å². The van der Waals surface area contributed by atoms with E-state index in [1.807, 2.05) is 6.07 Å². The van der Waals surface area contributed by atoms with Crippen molar-refractivity contribution >= 4 is 5.82 Å². The fraction of sp³-hybridized carbons (Fsp3) is 0.417. The van der Waals surface area contributed by atoms with Crippen LogP contribution in [-0.2, 0) is 19.3 Å². The van der Waals surface area contributed by atoms with Gasteiger partial charge in [0.15, 0.2) is 0 Å². The number of anilines is 1. The maximum Gasteiger partial charge on any atom is 0.132 e. The molecular formula is C12H15N5. The van der Waals surface area contributed by atoms with Gasteiger partial charge in [-0.3, -0.25) is 5.10 Å². The summed E-state index contributed by atoms with van der Waals surface area (Å²) in [5.74, 6) is 1.01. The molecule has 0 spiro atoms. The zero-order valence-corrected chi connectivity index (χ0v) is 9.61. The molecule has 0 unspecified atom stereocenters. The van der Waals surface area contributed by atoms with Gasteiger partial charge in [-0.1, -0.05) is 0 Å². The molecule has 0 aromatic carbocycles. The predicted octanol–water partition coefficient (Wildman–Crippen LogP) is 1.34. The number of hydrogen-bond donors (Lipinski definition) is 2. The van der Waals surface area contributed by atoms with Crippen molar-refractivity contribution in [3.8, 4) is 0 Å². The molecule has 2 N–H and O–H groups in total. The molecule has 17 heavy (non-hydrogen) atoms. The standard InChI is InChI=1S/C12H15N5/c1-2-10-11(3-1)14-8-15-12(10)13-6-4-9-5-7-16-17-9/h5,7-8H,1-4,6H2,(H,16,17)(H,13,14,15). The van der Waals surface area contributed by atoms with E-state index in [0.29, 0.717) is 0 Å². The molecule has 88 valence electrons. The van der Waals surface area contributed by atoms with Gasteiger partial charge in [0.2, 0.25) is 0 Å². The van der Waals surface area contributed by atoms with Crippen LogP contribution >= 0.6 is 0 Å². The Balaban J connectivity index is 1.64. The van der Waals surface area contributed by atoms with Crippen molar-refractivity contribution in [2.75, 3.05) is 11.9 Å². The lowest BCUT2D eigenvalue weighted by Crippen LogP contribution is -2.09. The molecule has 0 radical (unpaired) electrons. The van der Waals surface area contributed by atoms with Crippen LogP contribution < -0.4 is 5.32 Å². The minimum Gasteiger partial charge on any atom is -0.369 e. The molecule has 3 rings (SSSR count). The molecule has 5 nitrogen and oxygen atoms in total. The average molecular weight is 229 g/mol. The third-order valence-corrected chi connectivity index (χ3v) is 3.12. The number of nitrogens with zero attached hydrogens (tertiary/aromatic N) is 3. The molecule has 0 bridgehead atoms. The third kappa shape index (κ3) is 2.13. The van der Waals surface area contributed by atoms with E-state index in [2.05, 4.69) is 25.5 Å². The Bertz CT molecular complexity index is 492. The number of nitrogens with one attached hydrogen (secondary N) is 2. The van der Waals surface area contributed by atoms with E-state index in [1.165, 1.54) is 17.7 Å². The van der Waals surface area contributed by atoms with Crippen LogP contribution in [0.1, 0.15) is 23.4 Å². The Hall–Kier alpha value is -1.91. The van der Waals surface area contributed by atoms with E-state index in [4.69, 9.17) is 0 Å². The number of aromatic amines is 1. The SMILES string of the molecule is c1cc(CCNc2ncnc3c2CCC3)[nH]n1. The van der Waals surface area contributed by atoms with Crippen LogP contribution in [0.2, 0.25) is 0 Å². The van der Waals surface area contributed by atoms with Crippen molar-refractivity contribution in [2.45, 2.75) is 25.7 Å². The van der Waals surface area contributed by atoms with Crippen LogP contribution in [-0.4, -0.2) is 26.7 Å². The highest BCUT2D eigenvalue weighted by molar-refractivity contribution is 5.47. The lowest BCUT2D eigenvalue weighted by molar-refractivity contribution is 0.898. The minimum absolute atomic E-state index is 0.867. The molecule has 1 aliphatic carbocycles. The van der Waals surface area contributed by atoms with Crippen molar-refractivity contribution in [3.63, 3.8) is 0 Å². The summed E-state index contributed by atoms with van der Waals surface area (Å²) < 4.78 is 0. The van der Waals surface area contributed by atoms with Crippen molar-refractivity contribution < 1.29 is 0 Å². The number of aryl methyl sites for hydroxylation is 1. The first-order chi connectivity index (χ1) is 8.43. The monoisotopic (exact) mass is 229 g/mol. The lowest BCUT2D eigenvalue weighted by Gasteiger charge is -2.08. The summed E-state index contributed by atoms with van der Waals surface area (Å²) in [6.45, 7) is 0.867. The molecule has 1 aliphatic rings. The molecule has 0 atom stereocenters. The van der Waals surface area contributed by atoms with Crippen LogP contribution in [0.3, 0.4) is 0 Å². The van der Waals surface area contributed by atoms with Gasteiger partial charge < -0.3 is 5.32 Å². The molecule has 0 amide bonds. The van der Waals surface area contributed by atoms with E-state index in [1.54, 1.807) is 12.5 Å². The summed E-state index contributed by atoms with van der Waals surface area (Å²) in [6, 6.07) is 1.99. The second-order valence-electron chi connectivity index (χ2n) is 4.26. The number of rotatable bonds is 4. The van der Waals surface area contributed by atoms with Crippen molar-refractivity contribution in [1.29, 1.82) is 0 Å². The summed E-state index contributed by atoms with van der Waals surface area (Å²) in [5.41, 5.74) is 3.66. The molecule has 0 saturated carbocycles. The van der Waals surface area contributed by atoms with E-state index in [-0.39, 0.29) is 0 Å². The lowest BCUT2D eigenvalue weighted by atomic mass is 10.2. The number of aromatic nitrogens is 4. The van der Waals surface area contributed by atoms with Crippen LogP contribution in [0.15, 0.2) is 18.6 Å². The van der Waals surface area contributed by atoms with E-state index in [0.717, 1.165) is 37.3 Å². The topological polar surface area (TPSA) is 66.5 Å². The van der Waals surface area contributed by atoms with Gasteiger partial charge in [0.1, 0.15) is 12.1 Å². The maximum atomic E-state index is 4.32. The molecule has 0 aliphatic heterocycles. The first-order valence-corrected chi connectivity index (χ1v) is 5.98. The number of H-pyrrole nitrogens is 1. The molecule has 2 heterocycles. The minimum atomic E-state index is 0.867. The predicted molar refractivity (Wildman–Crippen MR) is 64.8 cm³/mol. The summed E-state index contributed by atoms with van der Waals surface area (Å²) in [7, 11) is 0. The molecule has 5 heteroatoms. The van der Waals surface area contributed by atoms with Gasteiger partial charge in [-0.05, 0) is 25.3 Å². The van der Waals surface area contributed by atoms with E-state index >= 15 is 0 Å². The summed E-state index contributed by atoms with van der Waals surface area (Å²) in [4.78, 5) is 8.63. The largest absolute Gasteiger partial charge is 0.369 e. The van der Waals surface area contributed by atoms with Gasteiger partial charge in [0.25, 0.3) is 0 Å². The second-order valence-corrected chi connectivity index (χ2v) is 4.26. The Morgan fingerprint density at radius 2 is 2.29 bits per heavy atom. The van der Waals surface area contributed by atoms with Crippen molar-refractivity contribution in [2.24, 2.45) is 0 Å². The van der Waals surface area contributed by atoms with Gasteiger partial charge in [0.05, 0.1) is 0 Å². The van der Waals surface area contributed by atoms with Crippen molar-refractivity contribution in [1.82, 2.24) is 20.2 Å². The highest BCUT2D eigenvalue weighted by atomic mass is 15.1. The second kappa shape index (κ2) is 4.53.